The molecule has 0 amide bonds. The van der Waals surface area contributed by atoms with Gasteiger partial charge in [-0.15, -0.1) is 6.58 Å². The van der Waals surface area contributed by atoms with Gasteiger partial charge in [-0.3, -0.25) is 0 Å². The molecule has 0 spiro atoms. The first-order chi connectivity index (χ1) is 14.1. The van der Waals surface area contributed by atoms with Crippen molar-refractivity contribution in [1.29, 1.82) is 0 Å². The molecule has 0 saturated carbocycles. The van der Waals surface area contributed by atoms with Gasteiger partial charge in [0.1, 0.15) is 0 Å². The summed E-state index contributed by atoms with van der Waals surface area (Å²) in [6, 6.07) is 0. The summed E-state index contributed by atoms with van der Waals surface area (Å²) in [5.41, 5.74) is 0. The van der Waals surface area contributed by atoms with Crippen molar-refractivity contribution in [1.82, 2.24) is 4.90 Å². The Balaban J connectivity index is 2.36. The fraction of sp³-hybridized carbons (Fsp3) is 0.769. The lowest BCUT2D eigenvalue weighted by Gasteiger charge is -2.28. The van der Waals surface area contributed by atoms with E-state index < -0.39 is 0 Å². The molecule has 1 heterocycles. The highest BCUT2D eigenvalue weighted by molar-refractivity contribution is 4.88. The average molecular weight is 406 g/mol. The van der Waals surface area contributed by atoms with Crippen LogP contribution in [0.1, 0.15) is 90.4 Å². The fourth-order valence-electron chi connectivity index (χ4n) is 3.81. The zero-order valence-corrected chi connectivity index (χ0v) is 19.5. The smallest absolute Gasteiger partial charge is 0.168 e. The van der Waals surface area contributed by atoms with E-state index in [2.05, 4.69) is 56.8 Å². The van der Waals surface area contributed by atoms with Crippen molar-refractivity contribution in [3.63, 3.8) is 0 Å². The molecule has 1 aliphatic heterocycles. The third-order valence-corrected chi connectivity index (χ3v) is 5.54. The van der Waals surface area contributed by atoms with Crippen LogP contribution >= 0.6 is 0 Å². The second kappa shape index (κ2) is 16.8. The molecule has 3 nitrogen and oxygen atoms in total. The number of hydrogen-bond donors (Lipinski definition) is 0. The van der Waals surface area contributed by atoms with Crippen LogP contribution in [0.2, 0.25) is 0 Å². The van der Waals surface area contributed by atoms with Crippen LogP contribution in [0.3, 0.4) is 0 Å². The highest BCUT2D eigenvalue weighted by atomic mass is 16.7. The molecule has 1 rings (SSSR count). The zero-order chi connectivity index (χ0) is 21.2. The molecule has 3 heteroatoms. The first kappa shape index (κ1) is 26.1. The lowest BCUT2D eigenvalue weighted by molar-refractivity contribution is -0.180. The second-order valence-corrected chi connectivity index (χ2v) is 8.63. The van der Waals surface area contributed by atoms with Gasteiger partial charge in [0.15, 0.2) is 5.79 Å². The Kier molecular flexibility index (Phi) is 15.2. The number of ether oxygens (including phenoxy) is 2. The number of unbranched alkanes of at least 4 members (excludes halogenated alkanes) is 6. The van der Waals surface area contributed by atoms with Crippen molar-refractivity contribution in [2.24, 2.45) is 0 Å². The lowest BCUT2D eigenvalue weighted by Crippen LogP contribution is -2.31. The first-order valence-corrected chi connectivity index (χ1v) is 12.0. The maximum Gasteiger partial charge on any atom is 0.168 e. The Morgan fingerprint density at radius 2 is 1.59 bits per heavy atom. The number of rotatable bonds is 18. The second-order valence-electron chi connectivity index (χ2n) is 8.63. The molecule has 0 aliphatic carbocycles. The quantitative estimate of drug-likeness (QED) is 0.180. The highest BCUT2D eigenvalue weighted by Gasteiger charge is 2.40. The molecule has 1 aliphatic rings. The molecule has 0 radical (unpaired) electrons. The van der Waals surface area contributed by atoms with Gasteiger partial charge in [0.05, 0.1) is 12.7 Å². The van der Waals surface area contributed by atoms with Crippen molar-refractivity contribution >= 4 is 0 Å². The molecule has 29 heavy (non-hydrogen) atoms. The standard InChI is InChI=1S/C26H47NO2/c1-5-7-9-11-13-15-17-19-22-26(21-18-16-14-12-10-8-6-2)28-24-25(29-26)20-23-27(3)4/h5,8-11,25H,1,6-7,12-24H2,2-4H3/b10-8-,11-9-. The molecule has 1 fully saturated rings. The molecule has 0 aromatic carbocycles. The predicted octanol–water partition coefficient (Wildman–Crippen LogP) is 7.05. The molecule has 2 atom stereocenters. The average Bonchev–Trinajstić information content (AvgIpc) is 3.11. The Bertz CT molecular complexity index is 458. The largest absolute Gasteiger partial charge is 0.347 e. The van der Waals surface area contributed by atoms with Gasteiger partial charge in [0.25, 0.3) is 0 Å². The van der Waals surface area contributed by atoms with E-state index in [0.29, 0.717) is 0 Å². The summed E-state index contributed by atoms with van der Waals surface area (Å²) < 4.78 is 12.8. The lowest BCUT2D eigenvalue weighted by atomic mass is 9.99. The van der Waals surface area contributed by atoms with E-state index in [-0.39, 0.29) is 11.9 Å². The van der Waals surface area contributed by atoms with Crippen LogP contribution < -0.4 is 0 Å². The van der Waals surface area contributed by atoms with Crippen molar-refractivity contribution in [2.45, 2.75) is 102 Å². The first-order valence-electron chi connectivity index (χ1n) is 12.0. The van der Waals surface area contributed by atoms with Crippen LogP contribution in [-0.4, -0.2) is 44.0 Å². The van der Waals surface area contributed by atoms with Gasteiger partial charge in [-0.05, 0) is 71.9 Å². The minimum Gasteiger partial charge on any atom is -0.347 e. The maximum absolute atomic E-state index is 6.52. The normalized spacial score (nSPS) is 22.4. The van der Waals surface area contributed by atoms with E-state index in [9.17, 15) is 0 Å². The highest BCUT2D eigenvalue weighted by Crippen LogP contribution is 2.35. The monoisotopic (exact) mass is 405 g/mol. The molecule has 0 bridgehead atoms. The Morgan fingerprint density at radius 3 is 2.17 bits per heavy atom. The summed E-state index contributed by atoms with van der Waals surface area (Å²) in [6.07, 6.45) is 26.3. The minimum absolute atomic E-state index is 0.256. The molecule has 168 valence electrons. The Morgan fingerprint density at radius 1 is 0.931 bits per heavy atom. The minimum atomic E-state index is -0.324. The molecule has 0 aromatic heterocycles. The maximum atomic E-state index is 6.52. The molecule has 0 N–H and O–H groups in total. The van der Waals surface area contributed by atoms with Crippen LogP contribution in [0.25, 0.3) is 0 Å². The van der Waals surface area contributed by atoms with E-state index in [1.54, 1.807) is 0 Å². The topological polar surface area (TPSA) is 21.7 Å². The molecular formula is C26H47NO2. The Hall–Kier alpha value is -0.900. The summed E-state index contributed by atoms with van der Waals surface area (Å²) in [7, 11) is 4.25. The van der Waals surface area contributed by atoms with Crippen LogP contribution in [0.15, 0.2) is 37.0 Å². The van der Waals surface area contributed by atoms with Gasteiger partial charge in [-0.1, -0.05) is 50.1 Å². The van der Waals surface area contributed by atoms with Crippen molar-refractivity contribution in [2.75, 3.05) is 27.2 Å². The van der Waals surface area contributed by atoms with E-state index in [1.165, 1.54) is 51.4 Å². The number of hydrogen-bond acceptors (Lipinski definition) is 3. The van der Waals surface area contributed by atoms with Gasteiger partial charge in [0.2, 0.25) is 0 Å². The number of allylic oxidation sites excluding steroid dienone is 5. The van der Waals surface area contributed by atoms with Crippen LogP contribution in [0.5, 0.6) is 0 Å². The summed E-state index contributed by atoms with van der Waals surface area (Å²) in [6.45, 7) is 7.77. The predicted molar refractivity (Wildman–Crippen MR) is 126 cm³/mol. The Labute approximate surface area is 181 Å². The summed E-state index contributed by atoms with van der Waals surface area (Å²) in [4.78, 5) is 2.23. The molecular weight excluding hydrogens is 358 g/mol. The molecule has 0 aromatic rings. The van der Waals surface area contributed by atoms with E-state index in [0.717, 1.165) is 45.3 Å². The molecule has 1 saturated heterocycles. The van der Waals surface area contributed by atoms with E-state index in [4.69, 9.17) is 9.47 Å². The van der Waals surface area contributed by atoms with Gasteiger partial charge >= 0.3 is 0 Å². The van der Waals surface area contributed by atoms with E-state index >= 15 is 0 Å². The summed E-state index contributed by atoms with van der Waals surface area (Å²) in [5.74, 6) is -0.324. The summed E-state index contributed by atoms with van der Waals surface area (Å²) in [5, 5.41) is 0. The third kappa shape index (κ3) is 13.1. The molecule has 2 unspecified atom stereocenters. The van der Waals surface area contributed by atoms with Gasteiger partial charge in [0, 0.05) is 19.4 Å². The van der Waals surface area contributed by atoms with Gasteiger partial charge in [-0.25, -0.2) is 0 Å². The van der Waals surface area contributed by atoms with Crippen molar-refractivity contribution in [3.8, 4) is 0 Å². The van der Waals surface area contributed by atoms with Crippen LogP contribution in [0.4, 0.5) is 0 Å². The SMILES string of the molecule is C=CC/C=C\CCCCCC1(CCCCC/C=C\CC)OCC(CCN(C)C)O1. The van der Waals surface area contributed by atoms with E-state index in [1.807, 2.05) is 6.08 Å². The van der Waals surface area contributed by atoms with Gasteiger partial charge in [-0.2, -0.15) is 0 Å². The summed E-state index contributed by atoms with van der Waals surface area (Å²) >= 11 is 0. The zero-order valence-electron chi connectivity index (χ0n) is 19.5. The van der Waals surface area contributed by atoms with Crippen molar-refractivity contribution < 1.29 is 9.47 Å². The fourth-order valence-corrected chi connectivity index (χ4v) is 3.81. The number of nitrogens with zero attached hydrogens (tertiary/aromatic N) is 1. The van der Waals surface area contributed by atoms with Gasteiger partial charge < -0.3 is 14.4 Å². The third-order valence-electron chi connectivity index (χ3n) is 5.54. The van der Waals surface area contributed by atoms with Crippen LogP contribution in [-0.2, 0) is 9.47 Å². The van der Waals surface area contributed by atoms with Crippen LogP contribution in [0, 0.1) is 0 Å². The van der Waals surface area contributed by atoms with Crippen molar-refractivity contribution in [3.05, 3.63) is 37.0 Å².